The third kappa shape index (κ3) is 6.82. The van der Waals surface area contributed by atoms with E-state index in [-0.39, 0.29) is 30.6 Å². The van der Waals surface area contributed by atoms with Crippen molar-refractivity contribution in [3.05, 3.63) is 131 Å². The van der Waals surface area contributed by atoms with Crippen molar-refractivity contribution < 1.29 is 29.6 Å². The molecular formula is C40H40N2O6. The van der Waals surface area contributed by atoms with Crippen molar-refractivity contribution in [2.75, 3.05) is 30.5 Å². The molecule has 1 heterocycles. The summed E-state index contributed by atoms with van der Waals surface area (Å²) in [6.07, 6.45) is 1.93. The van der Waals surface area contributed by atoms with Crippen LogP contribution < -0.4 is 10.2 Å². The maximum atomic E-state index is 14.0. The predicted molar refractivity (Wildman–Crippen MR) is 187 cm³/mol. The van der Waals surface area contributed by atoms with Crippen LogP contribution in [0.15, 0.2) is 120 Å². The molecule has 0 bridgehead atoms. The Hall–Kier alpha value is -5.02. The summed E-state index contributed by atoms with van der Waals surface area (Å²) in [5.41, 5.74) is 6.05. The lowest BCUT2D eigenvalue weighted by atomic mass is 9.68. The van der Waals surface area contributed by atoms with E-state index in [1.165, 1.54) is 4.90 Å². The van der Waals surface area contributed by atoms with Crippen LogP contribution in [0.1, 0.15) is 30.4 Å². The van der Waals surface area contributed by atoms with Gasteiger partial charge in [0.05, 0.1) is 36.8 Å². The minimum Gasteiger partial charge on any atom is -0.507 e. The Morgan fingerprint density at radius 2 is 1.54 bits per heavy atom. The van der Waals surface area contributed by atoms with Gasteiger partial charge in [0.25, 0.3) is 0 Å². The number of hydrogen-bond donors (Lipinski definition) is 4. The molecular weight excluding hydrogens is 604 g/mol. The fourth-order valence-electron chi connectivity index (χ4n) is 7.10. The molecule has 4 aromatic carbocycles. The van der Waals surface area contributed by atoms with Crippen LogP contribution >= 0.6 is 0 Å². The number of phenols is 1. The maximum absolute atomic E-state index is 14.0. The highest BCUT2D eigenvalue weighted by atomic mass is 16.5. The number of aromatic hydroxyl groups is 1. The minimum atomic E-state index is -0.995. The highest BCUT2D eigenvalue weighted by Gasteiger charge is 2.55. The van der Waals surface area contributed by atoms with E-state index in [1.807, 2.05) is 91.0 Å². The number of fused-ring (bicyclic) bond motifs is 1. The molecule has 0 radical (unpaired) electrons. The number of nitrogens with one attached hydrogen (secondary N) is 1. The van der Waals surface area contributed by atoms with Gasteiger partial charge < -0.3 is 25.4 Å². The largest absolute Gasteiger partial charge is 0.507 e. The molecule has 8 heteroatoms. The van der Waals surface area contributed by atoms with Gasteiger partial charge in [-0.2, -0.15) is 0 Å². The fraction of sp³-hybridized carbons (Fsp3) is 0.250. The number of amides is 2. The molecule has 0 saturated carbocycles. The normalized spacial score (nSPS) is 20.2. The summed E-state index contributed by atoms with van der Waals surface area (Å²) in [6.45, 7) is -0.223. The Bertz CT molecular complexity index is 1800. The average Bonchev–Trinajstić information content (AvgIpc) is 3.36. The van der Waals surface area contributed by atoms with Crippen molar-refractivity contribution in [3.63, 3.8) is 0 Å². The Labute approximate surface area is 280 Å². The number of methoxy groups -OCH3 is 1. The number of aliphatic hydroxyl groups is 2. The first kappa shape index (κ1) is 32.9. The Morgan fingerprint density at radius 3 is 2.21 bits per heavy atom. The number of ether oxygens (including phenoxy) is 1. The summed E-state index contributed by atoms with van der Waals surface area (Å²) in [4.78, 5) is 29.1. The number of hydrogen-bond acceptors (Lipinski definition) is 7. The third-order valence-corrected chi connectivity index (χ3v) is 9.34. The van der Waals surface area contributed by atoms with E-state index in [2.05, 4.69) is 5.32 Å². The lowest BCUT2D eigenvalue weighted by Crippen LogP contribution is -2.39. The van der Waals surface area contributed by atoms with Gasteiger partial charge in [-0.15, -0.1) is 0 Å². The van der Waals surface area contributed by atoms with Gasteiger partial charge in [0.15, 0.2) is 0 Å². The number of phenolic OH excluding ortho intramolecular Hbond substituents is 1. The van der Waals surface area contributed by atoms with Crippen LogP contribution in [-0.2, 0) is 14.3 Å². The summed E-state index contributed by atoms with van der Waals surface area (Å²) in [5, 5.41) is 36.3. The van der Waals surface area contributed by atoms with E-state index in [9.17, 15) is 24.9 Å². The average molecular weight is 645 g/mol. The predicted octanol–water partition coefficient (Wildman–Crippen LogP) is 6.58. The van der Waals surface area contributed by atoms with Crippen LogP contribution in [0.25, 0.3) is 11.6 Å². The van der Waals surface area contributed by atoms with E-state index in [0.717, 1.165) is 28.1 Å². The molecule has 0 spiro atoms. The van der Waals surface area contributed by atoms with Gasteiger partial charge in [-0.3, -0.25) is 14.5 Å². The molecule has 1 fully saturated rings. The lowest BCUT2D eigenvalue weighted by molar-refractivity contribution is -0.123. The van der Waals surface area contributed by atoms with Crippen LogP contribution in [0.2, 0.25) is 0 Å². The summed E-state index contributed by atoms with van der Waals surface area (Å²) in [5.74, 6) is -2.75. The van der Waals surface area contributed by atoms with Crippen molar-refractivity contribution in [3.8, 4) is 5.75 Å². The smallest absolute Gasteiger partial charge is 0.238 e. The second-order valence-electron chi connectivity index (χ2n) is 12.3. The first-order valence-corrected chi connectivity index (χ1v) is 16.2. The molecule has 246 valence electrons. The molecule has 8 nitrogen and oxygen atoms in total. The van der Waals surface area contributed by atoms with Crippen LogP contribution in [-0.4, -0.2) is 53.6 Å². The summed E-state index contributed by atoms with van der Waals surface area (Å²) in [6, 6.07) is 33.7. The van der Waals surface area contributed by atoms with Crippen LogP contribution in [0.3, 0.4) is 0 Å². The Balaban J connectivity index is 1.25. The second kappa shape index (κ2) is 14.8. The van der Waals surface area contributed by atoms with Gasteiger partial charge in [-0.05, 0) is 90.1 Å². The summed E-state index contributed by atoms with van der Waals surface area (Å²) in [7, 11) is 1.55. The number of imide groups is 1. The van der Waals surface area contributed by atoms with Gasteiger partial charge in [-0.1, -0.05) is 66.7 Å². The summed E-state index contributed by atoms with van der Waals surface area (Å²) < 4.78 is 5.52. The van der Waals surface area contributed by atoms with E-state index < -0.39 is 30.5 Å². The van der Waals surface area contributed by atoms with Crippen molar-refractivity contribution in [2.24, 2.45) is 17.8 Å². The monoisotopic (exact) mass is 644 g/mol. The molecule has 1 aliphatic carbocycles. The van der Waals surface area contributed by atoms with Gasteiger partial charge in [-0.25, -0.2) is 0 Å². The molecule has 0 unspecified atom stereocenters. The summed E-state index contributed by atoms with van der Waals surface area (Å²) >= 11 is 0. The quantitative estimate of drug-likeness (QED) is 0.0782. The number of allylic oxidation sites excluding steroid dienone is 1. The van der Waals surface area contributed by atoms with Gasteiger partial charge in [0.2, 0.25) is 11.8 Å². The first-order valence-electron chi connectivity index (χ1n) is 16.2. The molecule has 6 rings (SSSR count). The highest BCUT2D eigenvalue weighted by molar-refractivity contribution is 6.22. The minimum absolute atomic E-state index is 0.159. The number of carbonyl (C=O) groups is 2. The standard InChI is InChI=1S/C40H40N2O6/c1-48-25-29-23-33-38(40(47)42(39(33)46)32-19-17-31(18-20-32)41-30-13-6-3-7-14-30)34(24-43)37(29)36(45)21-16-27(26-10-4-2-5-11-26)22-28-12-8-9-15-35(28)44/h2-15,17-20,22,33-34,36,38,41,43-45H,16,21,23-25H2,1H3/b27-22-/t33-,34+,36-,38-/m1/s1. The number of para-hydroxylation sites is 2. The molecule has 1 saturated heterocycles. The molecule has 2 aliphatic rings. The number of anilines is 3. The second-order valence-corrected chi connectivity index (χ2v) is 12.3. The van der Waals surface area contributed by atoms with Crippen LogP contribution in [0.4, 0.5) is 17.1 Å². The zero-order chi connectivity index (χ0) is 33.6. The molecule has 4 atom stereocenters. The van der Waals surface area contributed by atoms with Crippen molar-refractivity contribution in [1.29, 1.82) is 0 Å². The SMILES string of the molecule is COCC1=C([C@H](O)CC/C(=C/c2ccccc2O)c2ccccc2)[C@H](CO)[C@@H]2C(=O)N(c3ccc(Nc4ccccc4)cc3)C(=O)[C@@H]2C1. The molecule has 4 aromatic rings. The van der Waals surface area contributed by atoms with E-state index in [0.29, 0.717) is 29.7 Å². The van der Waals surface area contributed by atoms with Gasteiger partial charge in [0.1, 0.15) is 5.75 Å². The van der Waals surface area contributed by atoms with E-state index in [4.69, 9.17) is 4.74 Å². The van der Waals surface area contributed by atoms with E-state index >= 15 is 0 Å². The number of rotatable bonds is 12. The Kier molecular flexibility index (Phi) is 10.2. The molecule has 4 N–H and O–H groups in total. The maximum Gasteiger partial charge on any atom is 0.238 e. The molecule has 48 heavy (non-hydrogen) atoms. The van der Waals surface area contributed by atoms with Crippen LogP contribution in [0.5, 0.6) is 5.75 Å². The fourth-order valence-corrected chi connectivity index (χ4v) is 7.10. The number of benzene rings is 4. The number of nitrogens with zero attached hydrogens (tertiary/aromatic N) is 1. The third-order valence-electron chi connectivity index (χ3n) is 9.34. The first-order chi connectivity index (χ1) is 23.4. The number of carbonyl (C=O) groups excluding carboxylic acids is 2. The van der Waals surface area contributed by atoms with Crippen LogP contribution in [0, 0.1) is 17.8 Å². The molecule has 0 aromatic heterocycles. The van der Waals surface area contributed by atoms with Crippen molar-refractivity contribution in [2.45, 2.75) is 25.4 Å². The van der Waals surface area contributed by atoms with Gasteiger partial charge in [0, 0.05) is 30.0 Å². The zero-order valence-electron chi connectivity index (χ0n) is 26.8. The highest BCUT2D eigenvalue weighted by Crippen LogP contribution is 2.47. The van der Waals surface area contributed by atoms with Crippen molar-refractivity contribution >= 4 is 40.5 Å². The topological polar surface area (TPSA) is 119 Å². The lowest BCUT2D eigenvalue weighted by Gasteiger charge is -2.36. The number of aliphatic hydroxyl groups excluding tert-OH is 2. The molecule has 1 aliphatic heterocycles. The van der Waals surface area contributed by atoms with Gasteiger partial charge >= 0.3 is 0 Å². The Morgan fingerprint density at radius 1 is 0.896 bits per heavy atom. The van der Waals surface area contributed by atoms with Crippen molar-refractivity contribution in [1.82, 2.24) is 0 Å². The zero-order valence-corrected chi connectivity index (χ0v) is 26.8. The van der Waals surface area contributed by atoms with E-state index in [1.54, 1.807) is 31.4 Å². The molecule has 2 amide bonds.